The quantitative estimate of drug-likeness (QED) is 0.817. The number of halogens is 2. The van der Waals surface area contributed by atoms with Crippen molar-refractivity contribution in [1.82, 2.24) is 5.32 Å². The number of hydrogen-bond acceptors (Lipinski definition) is 2. The van der Waals surface area contributed by atoms with Crippen LogP contribution in [0.3, 0.4) is 0 Å². The minimum absolute atomic E-state index is 0.276. The molecule has 0 atom stereocenters. The Morgan fingerprint density at radius 2 is 1.89 bits per heavy atom. The number of ether oxygens (including phenoxy) is 1. The van der Waals surface area contributed by atoms with E-state index in [-0.39, 0.29) is 5.82 Å². The second kappa shape index (κ2) is 7.26. The molecule has 2 aromatic carbocycles. The highest BCUT2D eigenvalue weighted by Crippen LogP contribution is 2.25. The first-order valence-electron chi connectivity index (χ1n) is 6.08. The van der Waals surface area contributed by atoms with E-state index in [2.05, 4.69) is 33.4 Å². The van der Waals surface area contributed by atoms with Gasteiger partial charge in [0.2, 0.25) is 0 Å². The zero-order chi connectivity index (χ0) is 13.5. The van der Waals surface area contributed by atoms with Crippen molar-refractivity contribution in [2.45, 2.75) is 6.54 Å². The lowest BCUT2D eigenvalue weighted by molar-refractivity contribution is 0.311. The van der Waals surface area contributed by atoms with E-state index in [0.29, 0.717) is 16.8 Å². The van der Waals surface area contributed by atoms with Crippen LogP contribution in [0.15, 0.2) is 53.0 Å². The molecule has 0 fully saturated rings. The van der Waals surface area contributed by atoms with Gasteiger partial charge in [0.15, 0.2) is 0 Å². The Morgan fingerprint density at radius 3 is 2.63 bits per heavy atom. The van der Waals surface area contributed by atoms with Crippen molar-refractivity contribution in [2.75, 3.05) is 13.2 Å². The van der Waals surface area contributed by atoms with Gasteiger partial charge in [-0.05, 0) is 39.7 Å². The molecule has 0 saturated heterocycles. The fourth-order valence-corrected chi connectivity index (χ4v) is 2.12. The smallest absolute Gasteiger partial charge is 0.133 e. The van der Waals surface area contributed by atoms with Crippen molar-refractivity contribution >= 4 is 15.9 Å². The fourth-order valence-electron chi connectivity index (χ4n) is 1.65. The third-order valence-electron chi connectivity index (χ3n) is 2.60. The fraction of sp³-hybridized carbons (Fsp3) is 0.200. The van der Waals surface area contributed by atoms with Crippen molar-refractivity contribution < 1.29 is 9.13 Å². The van der Waals surface area contributed by atoms with Crippen LogP contribution in [0.5, 0.6) is 5.75 Å². The molecular weight excluding hydrogens is 309 g/mol. The van der Waals surface area contributed by atoms with Gasteiger partial charge in [0.1, 0.15) is 18.2 Å². The number of rotatable bonds is 6. The van der Waals surface area contributed by atoms with Crippen LogP contribution in [-0.4, -0.2) is 13.2 Å². The molecule has 1 N–H and O–H groups in total. The van der Waals surface area contributed by atoms with E-state index in [1.54, 1.807) is 6.07 Å². The van der Waals surface area contributed by atoms with E-state index in [9.17, 15) is 4.39 Å². The molecule has 0 aliphatic carbocycles. The lowest BCUT2D eigenvalue weighted by Gasteiger charge is -2.09. The zero-order valence-electron chi connectivity index (χ0n) is 10.4. The molecular formula is C15H15BrFNO. The Balaban J connectivity index is 1.69. The molecule has 0 radical (unpaired) electrons. The Kier molecular flexibility index (Phi) is 5.36. The Bertz CT molecular complexity index is 519. The Hall–Kier alpha value is -1.39. The van der Waals surface area contributed by atoms with Crippen molar-refractivity contribution in [3.05, 3.63) is 64.4 Å². The first-order chi connectivity index (χ1) is 9.25. The van der Waals surface area contributed by atoms with E-state index < -0.39 is 0 Å². The van der Waals surface area contributed by atoms with Gasteiger partial charge in [0.05, 0.1) is 4.47 Å². The van der Waals surface area contributed by atoms with Crippen molar-refractivity contribution in [3.8, 4) is 5.75 Å². The molecule has 0 saturated carbocycles. The van der Waals surface area contributed by atoms with Crippen LogP contribution in [0.2, 0.25) is 0 Å². The topological polar surface area (TPSA) is 21.3 Å². The molecule has 0 aliphatic rings. The molecule has 19 heavy (non-hydrogen) atoms. The monoisotopic (exact) mass is 323 g/mol. The molecule has 0 bridgehead atoms. The third kappa shape index (κ3) is 4.65. The lowest BCUT2D eigenvalue weighted by atomic mass is 10.2. The second-order valence-electron chi connectivity index (χ2n) is 4.09. The summed E-state index contributed by atoms with van der Waals surface area (Å²) in [6.45, 7) is 2.09. The van der Waals surface area contributed by atoms with E-state index in [4.69, 9.17) is 4.74 Å². The zero-order valence-corrected chi connectivity index (χ0v) is 12.0. The predicted molar refractivity (Wildman–Crippen MR) is 77.7 cm³/mol. The van der Waals surface area contributed by atoms with Gasteiger partial charge >= 0.3 is 0 Å². The average molecular weight is 324 g/mol. The summed E-state index contributed by atoms with van der Waals surface area (Å²) in [5.74, 6) is 0.379. The predicted octanol–water partition coefficient (Wildman–Crippen LogP) is 3.76. The van der Waals surface area contributed by atoms with Crippen molar-refractivity contribution in [2.24, 2.45) is 0 Å². The van der Waals surface area contributed by atoms with Crippen LogP contribution < -0.4 is 10.1 Å². The maximum atomic E-state index is 12.9. The molecule has 4 heteroatoms. The molecule has 0 heterocycles. The summed E-state index contributed by atoms with van der Waals surface area (Å²) in [7, 11) is 0. The van der Waals surface area contributed by atoms with Crippen LogP contribution in [0.25, 0.3) is 0 Å². The van der Waals surface area contributed by atoms with Gasteiger partial charge in [0.25, 0.3) is 0 Å². The minimum Gasteiger partial charge on any atom is -0.491 e. The molecule has 0 amide bonds. The molecule has 100 valence electrons. The highest BCUT2D eigenvalue weighted by molar-refractivity contribution is 9.10. The van der Waals surface area contributed by atoms with Crippen LogP contribution in [-0.2, 0) is 6.54 Å². The first kappa shape index (κ1) is 14.0. The summed E-state index contributed by atoms with van der Waals surface area (Å²) in [5, 5.41) is 3.29. The van der Waals surface area contributed by atoms with Crippen molar-refractivity contribution in [1.29, 1.82) is 0 Å². The van der Waals surface area contributed by atoms with Gasteiger partial charge in [-0.2, -0.15) is 0 Å². The normalized spacial score (nSPS) is 10.4. The summed E-state index contributed by atoms with van der Waals surface area (Å²) in [6.07, 6.45) is 0. The van der Waals surface area contributed by atoms with Gasteiger partial charge in [-0.3, -0.25) is 0 Å². The van der Waals surface area contributed by atoms with Crippen molar-refractivity contribution in [3.63, 3.8) is 0 Å². The summed E-state index contributed by atoms with van der Waals surface area (Å²) in [4.78, 5) is 0. The Morgan fingerprint density at radius 1 is 1.11 bits per heavy atom. The molecule has 2 rings (SSSR count). The van der Waals surface area contributed by atoms with Gasteiger partial charge in [-0.1, -0.05) is 30.3 Å². The van der Waals surface area contributed by atoms with Crippen LogP contribution in [0.4, 0.5) is 4.39 Å². The van der Waals surface area contributed by atoms with Gasteiger partial charge in [0, 0.05) is 13.1 Å². The van der Waals surface area contributed by atoms with Gasteiger partial charge in [-0.25, -0.2) is 4.39 Å². The summed E-state index contributed by atoms with van der Waals surface area (Å²) in [6, 6.07) is 14.6. The first-order valence-corrected chi connectivity index (χ1v) is 6.87. The highest BCUT2D eigenvalue weighted by Gasteiger charge is 2.02. The average Bonchev–Trinajstić information content (AvgIpc) is 2.42. The molecule has 0 aromatic heterocycles. The summed E-state index contributed by atoms with van der Waals surface area (Å²) >= 11 is 3.27. The van der Waals surface area contributed by atoms with E-state index in [0.717, 1.165) is 13.1 Å². The largest absolute Gasteiger partial charge is 0.491 e. The number of nitrogens with one attached hydrogen (secondary N) is 1. The molecule has 2 aromatic rings. The van der Waals surface area contributed by atoms with E-state index in [1.165, 1.54) is 17.7 Å². The third-order valence-corrected chi connectivity index (χ3v) is 3.22. The SMILES string of the molecule is Fc1ccc(OCCNCc2ccccc2)c(Br)c1. The molecule has 0 unspecified atom stereocenters. The summed E-state index contributed by atoms with van der Waals surface area (Å²) in [5.41, 5.74) is 1.24. The number of benzene rings is 2. The van der Waals surface area contributed by atoms with Crippen LogP contribution in [0, 0.1) is 5.82 Å². The van der Waals surface area contributed by atoms with Crippen LogP contribution >= 0.6 is 15.9 Å². The van der Waals surface area contributed by atoms with Gasteiger partial charge < -0.3 is 10.1 Å². The van der Waals surface area contributed by atoms with E-state index >= 15 is 0 Å². The van der Waals surface area contributed by atoms with Gasteiger partial charge in [-0.15, -0.1) is 0 Å². The molecule has 0 spiro atoms. The molecule has 0 aliphatic heterocycles. The van der Waals surface area contributed by atoms with Crippen LogP contribution in [0.1, 0.15) is 5.56 Å². The molecule has 2 nitrogen and oxygen atoms in total. The highest BCUT2D eigenvalue weighted by atomic mass is 79.9. The Labute approximate surface area is 120 Å². The second-order valence-corrected chi connectivity index (χ2v) is 4.94. The summed E-state index contributed by atoms with van der Waals surface area (Å²) < 4.78 is 19.1. The maximum absolute atomic E-state index is 12.9. The lowest BCUT2D eigenvalue weighted by Crippen LogP contribution is -2.20. The minimum atomic E-state index is -0.276. The maximum Gasteiger partial charge on any atom is 0.133 e. The standard InChI is InChI=1S/C15H15BrFNO/c16-14-10-13(17)6-7-15(14)19-9-8-18-11-12-4-2-1-3-5-12/h1-7,10,18H,8-9,11H2. The van der Waals surface area contributed by atoms with E-state index in [1.807, 2.05) is 18.2 Å². The number of hydrogen-bond donors (Lipinski definition) is 1.